The monoisotopic (exact) mass is 239 g/mol. The molecule has 0 aromatic carbocycles. The van der Waals surface area contributed by atoms with Crippen LogP contribution in [0.2, 0.25) is 0 Å². The fraction of sp³-hybridized carbons (Fsp3) is 0.615. The molecule has 0 fully saturated rings. The van der Waals surface area contributed by atoms with E-state index < -0.39 is 5.97 Å². The quantitative estimate of drug-likeness (QED) is 0.716. The Balaban J connectivity index is 2.21. The summed E-state index contributed by atoms with van der Waals surface area (Å²) in [5.74, 6) is 1.13. The summed E-state index contributed by atoms with van der Waals surface area (Å²) >= 11 is 0. The van der Waals surface area contributed by atoms with Crippen LogP contribution in [0.15, 0.2) is 16.5 Å². The van der Waals surface area contributed by atoms with Crippen LogP contribution in [0.4, 0.5) is 0 Å². The van der Waals surface area contributed by atoms with E-state index in [2.05, 4.69) is 5.32 Å². The van der Waals surface area contributed by atoms with E-state index in [-0.39, 0.29) is 11.8 Å². The van der Waals surface area contributed by atoms with Crippen molar-refractivity contribution in [3.63, 3.8) is 0 Å². The van der Waals surface area contributed by atoms with E-state index in [1.807, 2.05) is 32.9 Å². The summed E-state index contributed by atoms with van der Waals surface area (Å²) in [5.41, 5.74) is -0.217. The Hall–Kier alpha value is -1.29. The standard InChI is InChI=1S/C13H21NO3/c1-10-4-5-11(17-10)6-7-14-9-13(2,3)8-12(15)16/h4-5,14H,6-9H2,1-3H3,(H,15,16). The lowest BCUT2D eigenvalue weighted by Crippen LogP contribution is -2.32. The van der Waals surface area contributed by atoms with Crippen molar-refractivity contribution in [1.29, 1.82) is 0 Å². The molecule has 4 nitrogen and oxygen atoms in total. The summed E-state index contributed by atoms with van der Waals surface area (Å²) < 4.78 is 5.45. The minimum absolute atomic E-state index is 0.180. The first-order valence-corrected chi connectivity index (χ1v) is 5.87. The fourth-order valence-electron chi connectivity index (χ4n) is 1.73. The van der Waals surface area contributed by atoms with Crippen LogP contribution < -0.4 is 5.32 Å². The molecule has 0 amide bonds. The predicted molar refractivity (Wildman–Crippen MR) is 66.1 cm³/mol. The third-order valence-corrected chi connectivity index (χ3v) is 2.58. The number of carboxylic acid groups (broad SMARTS) is 1. The van der Waals surface area contributed by atoms with Crippen molar-refractivity contribution < 1.29 is 14.3 Å². The Bertz CT molecular complexity index is 368. The van der Waals surface area contributed by atoms with E-state index in [1.165, 1.54) is 0 Å². The average Bonchev–Trinajstić information content (AvgIpc) is 2.57. The van der Waals surface area contributed by atoms with Crippen LogP contribution in [0.1, 0.15) is 31.8 Å². The first kappa shape index (κ1) is 13.8. The normalized spacial score (nSPS) is 11.7. The maximum Gasteiger partial charge on any atom is 0.303 e. The highest BCUT2D eigenvalue weighted by molar-refractivity contribution is 5.67. The van der Waals surface area contributed by atoms with Crippen molar-refractivity contribution in [3.05, 3.63) is 23.7 Å². The highest BCUT2D eigenvalue weighted by Gasteiger charge is 2.20. The zero-order valence-corrected chi connectivity index (χ0v) is 10.7. The Labute approximate surface area is 102 Å². The smallest absolute Gasteiger partial charge is 0.303 e. The second-order valence-corrected chi connectivity index (χ2v) is 5.17. The predicted octanol–water partition coefficient (Wildman–Crippen LogP) is 2.22. The topological polar surface area (TPSA) is 62.5 Å². The van der Waals surface area contributed by atoms with Crippen molar-refractivity contribution in [2.24, 2.45) is 5.41 Å². The Morgan fingerprint density at radius 2 is 2.18 bits per heavy atom. The molecule has 1 rings (SSSR count). The number of hydrogen-bond acceptors (Lipinski definition) is 3. The zero-order valence-electron chi connectivity index (χ0n) is 10.7. The molecule has 0 radical (unpaired) electrons. The van der Waals surface area contributed by atoms with E-state index in [0.717, 1.165) is 24.5 Å². The van der Waals surface area contributed by atoms with Gasteiger partial charge in [0.25, 0.3) is 0 Å². The van der Waals surface area contributed by atoms with E-state index in [9.17, 15) is 4.79 Å². The average molecular weight is 239 g/mol. The van der Waals surface area contributed by atoms with E-state index in [4.69, 9.17) is 9.52 Å². The van der Waals surface area contributed by atoms with Gasteiger partial charge in [-0.15, -0.1) is 0 Å². The van der Waals surface area contributed by atoms with Gasteiger partial charge < -0.3 is 14.8 Å². The number of furan rings is 1. The third-order valence-electron chi connectivity index (χ3n) is 2.58. The lowest BCUT2D eigenvalue weighted by molar-refractivity contribution is -0.139. The Kier molecular flexibility index (Phi) is 4.75. The molecule has 1 aromatic rings. The Morgan fingerprint density at radius 1 is 1.47 bits per heavy atom. The van der Waals surface area contributed by atoms with Gasteiger partial charge >= 0.3 is 5.97 Å². The molecule has 4 heteroatoms. The van der Waals surface area contributed by atoms with Gasteiger partial charge in [-0.05, 0) is 24.5 Å². The maximum absolute atomic E-state index is 10.6. The first-order valence-electron chi connectivity index (χ1n) is 5.87. The van der Waals surface area contributed by atoms with E-state index in [1.54, 1.807) is 0 Å². The molecule has 0 bridgehead atoms. The van der Waals surface area contributed by atoms with Crippen molar-refractivity contribution in [2.45, 2.75) is 33.6 Å². The summed E-state index contributed by atoms with van der Waals surface area (Å²) in [6, 6.07) is 3.92. The number of nitrogens with one attached hydrogen (secondary N) is 1. The third kappa shape index (κ3) is 5.54. The summed E-state index contributed by atoms with van der Waals surface area (Å²) in [5, 5.41) is 12.0. The lowest BCUT2D eigenvalue weighted by atomic mass is 9.89. The minimum atomic E-state index is -0.751. The number of rotatable bonds is 7. The van der Waals surface area contributed by atoms with Crippen LogP contribution in [0.5, 0.6) is 0 Å². The number of aliphatic carboxylic acids is 1. The number of carbonyl (C=O) groups is 1. The van der Waals surface area contributed by atoms with Crippen LogP contribution in [0.25, 0.3) is 0 Å². The number of aryl methyl sites for hydroxylation is 1. The van der Waals surface area contributed by atoms with Gasteiger partial charge in [0.15, 0.2) is 0 Å². The van der Waals surface area contributed by atoms with Crippen molar-refractivity contribution >= 4 is 5.97 Å². The molecule has 1 aromatic heterocycles. The largest absolute Gasteiger partial charge is 0.481 e. The van der Waals surface area contributed by atoms with Crippen LogP contribution in [0, 0.1) is 12.3 Å². The maximum atomic E-state index is 10.6. The molecule has 17 heavy (non-hydrogen) atoms. The van der Waals surface area contributed by atoms with Gasteiger partial charge in [0.2, 0.25) is 0 Å². The van der Waals surface area contributed by atoms with Crippen LogP contribution in [-0.4, -0.2) is 24.2 Å². The summed E-state index contributed by atoms with van der Waals surface area (Å²) in [6.07, 6.45) is 1.01. The molecular formula is C13H21NO3. The molecule has 2 N–H and O–H groups in total. The Morgan fingerprint density at radius 3 is 2.71 bits per heavy atom. The second kappa shape index (κ2) is 5.87. The second-order valence-electron chi connectivity index (χ2n) is 5.17. The molecule has 0 aliphatic carbocycles. The zero-order chi connectivity index (χ0) is 12.9. The van der Waals surface area contributed by atoms with Crippen LogP contribution in [0.3, 0.4) is 0 Å². The van der Waals surface area contributed by atoms with Gasteiger partial charge in [0.1, 0.15) is 11.5 Å². The SMILES string of the molecule is Cc1ccc(CCNCC(C)(C)CC(=O)O)o1. The van der Waals surface area contributed by atoms with Crippen molar-refractivity contribution in [3.8, 4) is 0 Å². The molecule has 0 unspecified atom stereocenters. The highest BCUT2D eigenvalue weighted by Crippen LogP contribution is 2.18. The summed E-state index contributed by atoms with van der Waals surface area (Å²) in [4.78, 5) is 10.6. The molecule has 0 saturated heterocycles. The van der Waals surface area contributed by atoms with Crippen LogP contribution >= 0.6 is 0 Å². The molecule has 96 valence electrons. The molecule has 0 atom stereocenters. The van der Waals surface area contributed by atoms with Gasteiger partial charge in [-0.3, -0.25) is 4.79 Å². The van der Waals surface area contributed by atoms with E-state index >= 15 is 0 Å². The highest BCUT2D eigenvalue weighted by atomic mass is 16.4. The van der Waals surface area contributed by atoms with Gasteiger partial charge in [-0.25, -0.2) is 0 Å². The molecular weight excluding hydrogens is 218 g/mol. The lowest BCUT2D eigenvalue weighted by Gasteiger charge is -2.22. The summed E-state index contributed by atoms with van der Waals surface area (Å²) in [7, 11) is 0. The number of hydrogen-bond donors (Lipinski definition) is 2. The van der Waals surface area contributed by atoms with Crippen LogP contribution in [-0.2, 0) is 11.2 Å². The molecule has 0 spiro atoms. The minimum Gasteiger partial charge on any atom is -0.481 e. The summed E-state index contributed by atoms with van der Waals surface area (Å²) in [6.45, 7) is 7.32. The van der Waals surface area contributed by atoms with Gasteiger partial charge in [-0.2, -0.15) is 0 Å². The van der Waals surface area contributed by atoms with Crippen molar-refractivity contribution in [1.82, 2.24) is 5.32 Å². The number of carboxylic acids is 1. The molecule has 1 heterocycles. The van der Waals surface area contributed by atoms with Gasteiger partial charge in [0.05, 0.1) is 6.42 Å². The molecule has 0 aliphatic rings. The van der Waals surface area contributed by atoms with Crippen molar-refractivity contribution in [2.75, 3.05) is 13.1 Å². The van der Waals surface area contributed by atoms with E-state index in [0.29, 0.717) is 6.54 Å². The molecule has 0 saturated carbocycles. The fourth-order valence-corrected chi connectivity index (χ4v) is 1.73. The first-order chi connectivity index (χ1) is 7.89. The van der Waals surface area contributed by atoms with Gasteiger partial charge in [-0.1, -0.05) is 13.8 Å². The molecule has 0 aliphatic heterocycles. The van der Waals surface area contributed by atoms with Gasteiger partial charge in [0, 0.05) is 19.5 Å².